The van der Waals surface area contributed by atoms with Crippen LogP contribution in [0.2, 0.25) is 5.02 Å². The Morgan fingerprint density at radius 2 is 1.97 bits per heavy atom. The number of halogens is 4. The number of allylic oxidation sites excluding steroid dienone is 1. The van der Waals surface area contributed by atoms with Crippen LogP contribution in [0.3, 0.4) is 0 Å². The van der Waals surface area contributed by atoms with Gasteiger partial charge < -0.3 is 0 Å². The fraction of sp³-hybridized carbons (Fsp3) is 0.111. The lowest BCUT2D eigenvalue weighted by Gasteiger charge is -2.10. The van der Waals surface area contributed by atoms with E-state index >= 15 is 0 Å². The predicted octanol–water partition coefficient (Wildman–Crippen LogP) is 5.86. The number of hydrogen-bond acceptors (Lipinski definition) is 5. The van der Waals surface area contributed by atoms with Crippen LogP contribution in [-0.4, -0.2) is 19.7 Å². The molecule has 3 aromatic rings. The maximum Gasteiger partial charge on any atom is 0.416 e. The van der Waals surface area contributed by atoms with Gasteiger partial charge in [0.2, 0.25) is 0 Å². The monoisotopic (exact) mass is 440 g/mol. The average molecular weight is 441 g/mol. The molecule has 0 bridgehead atoms. The number of nitrogens with zero attached hydrogens (tertiary/aromatic N) is 4. The summed E-state index contributed by atoms with van der Waals surface area (Å²) in [7, 11) is 0. The van der Waals surface area contributed by atoms with Gasteiger partial charge in [-0.15, -0.1) is 16.8 Å². The van der Waals surface area contributed by atoms with E-state index in [1.165, 1.54) is 0 Å². The molecular formula is C18H12ClF3N4O2S. The van der Waals surface area contributed by atoms with Gasteiger partial charge in [0.25, 0.3) is 5.69 Å². The number of rotatable bonds is 6. The molecule has 0 unspecified atom stereocenters. The van der Waals surface area contributed by atoms with E-state index in [1.54, 1.807) is 34.9 Å². The smallest absolute Gasteiger partial charge is 0.298 e. The number of nitro groups is 1. The molecule has 0 N–H and O–H groups in total. The third-order valence-electron chi connectivity index (χ3n) is 3.83. The maximum absolute atomic E-state index is 12.9. The van der Waals surface area contributed by atoms with Crippen molar-refractivity contribution in [1.29, 1.82) is 0 Å². The van der Waals surface area contributed by atoms with Gasteiger partial charge in [0.1, 0.15) is 0 Å². The van der Waals surface area contributed by atoms with Crippen molar-refractivity contribution in [3.05, 3.63) is 75.8 Å². The lowest BCUT2D eigenvalue weighted by Crippen LogP contribution is -2.06. The predicted molar refractivity (Wildman–Crippen MR) is 103 cm³/mol. The Morgan fingerprint density at radius 1 is 1.24 bits per heavy atom. The molecule has 6 nitrogen and oxygen atoms in total. The van der Waals surface area contributed by atoms with Crippen molar-refractivity contribution in [3.8, 4) is 11.4 Å². The van der Waals surface area contributed by atoms with Gasteiger partial charge in [0.05, 0.1) is 20.4 Å². The normalized spacial score (nSPS) is 11.4. The number of alkyl halides is 3. The molecule has 0 atom stereocenters. The van der Waals surface area contributed by atoms with Crippen LogP contribution < -0.4 is 0 Å². The standard InChI is InChI=1S/C18H12ClF3N4O2S/c1-2-9-25-16(12-5-3-4-6-13(12)19)23-24-17(25)29-15-8-7-11(18(20,21)22)10-14(15)26(27)28/h2-8,10H,1,9H2. The first-order valence-corrected chi connectivity index (χ1v) is 9.24. The van der Waals surface area contributed by atoms with Gasteiger partial charge in [-0.3, -0.25) is 14.7 Å². The van der Waals surface area contributed by atoms with E-state index in [0.717, 1.165) is 23.9 Å². The van der Waals surface area contributed by atoms with E-state index in [4.69, 9.17) is 11.6 Å². The number of benzene rings is 2. The molecular weight excluding hydrogens is 429 g/mol. The minimum absolute atomic E-state index is 0.00595. The lowest BCUT2D eigenvalue weighted by atomic mass is 10.2. The zero-order valence-electron chi connectivity index (χ0n) is 14.6. The fourth-order valence-electron chi connectivity index (χ4n) is 2.52. The van der Waals surface area contributed by atoms with Crippen molar-refractivity contribution < 1.29 is 18.1 Å². The van der Waals surface area contributed by atoms with Crippen molar-refractivity contribution in [2.75, 3.05) is 0 Å². The Bertz CT molecular complexity index is 1090. The van der Waals surface area contributed by atoms with Gasteiger partial charge in [0, 0.05) is 18.2 Å². The molecule has 0 amide bonds. The van der Waals surface area contributed by atoms with Crippen LogP contribution in [0.1, 0.15) is 5.56 Å². The summed E-state index contributed by atoms with van der Waals surface area (Å²) in [5, 5.41) is 20.2. The lowest BCUT2D eigenvalue weighted by molar-refractivity contribution is -0.388. The number of hydrogen-bond donors (Lipinski definition) is 0. The highest BCUT2D eigenvalue weighted by atomic mass is 35.5. The van der Waals surface area contributed by atoms with Gasteiger partial charge in [-0.05, 0) is 36.0 Å². The van der Waals surface area contributed by atoms with Crippen molar-refractivity contribution in [2.45, 2.75) is 22.8 Å². The fourth-order valence-corrected chi connectivity index (χ4v) is 3.66. The van der Waals surface area contributed by atoms with Crippen molar-refractivity contribution in [1.82, 2.24) is 14.8 Å². The van der Waals surface area contributed by atoms with Crippen molar-refractivity contribution in [2.24, 2.45) is 0 Å². The Kier molecular flexibility index (Phi) is 5.94. The highest BCUT2D eigenvalue weighted by Gasteiger charge is 2.33. The number of nitro benzene ring substituents is 1. The first-order valence-electron chi connectivity index (χ1n) is 8.05. The quantitative estimate of drug-likeness (QED) is 0.272. The third-order valence-corrected chi connectivity index (χ3v) is 5.21. The van der Waals surface area contributed by atoms with E-state index < -0.39 is 22.4 Å². The molecule has 0 aliphatic carbocycles. The van der Waals surface area contributed by atoms with Crippen LogP contribution in [0.25, 0.3) is 11.4 Å². The summed E-state index contributed by atoms with van der Waals surface area (Å²) in [6, 6.07) is 9.28. The summed E-state index contributed by atoms with van der Waals surface area (Å²) in [5.74, 6) is 0.410. The van der Waals surface area contributed by atoms with Crippen LogP contribution >= 0.6 is 23.4 Å². The van der Waals surface area contributed by atoms with E-state index in [-0.39, 0.29) is 16.6 Å². The Labute approximate surface area is 172 Å². The Morgan fingerprint density at radius 3 is 2.59 bits per heavy atom. The van der Waals surface area contributed by atoms with Gasteiger partial charge in [-0.2, -0.15) is 13.2 Å². The van der Waals surface area contributed by atoms with Crippen molar-refractivity contribution >= 4 is 29.1 Å². The second-order valence-corrected chi connectivity index (χ2v) is 7.14. The molecule has 0 aliphatic rings. The molecule has 0 spiro atoms. The largest absolute Gasteiger partial charge is 0.416 e. The second-order valence-electron chi connectivity index (χ2n) is 5.72. The molecule has 0 radical (unpaired) electrons. The van der Waals surface area contributed by atoms with Crippen LogP contribution in [-0.2, 0) is 12.7 Å². The summed E-state index contributed by atoms with van der Waals surface area (Å²) in [5.41, 5.74) is -1.17. The summed E-state index contributed by atoms with van der Waals surface area (Å²) in [6.45, 7) is 3.94. The summed E-state index contributed by atoms with van der Waals surface area (Å²) >= 11 is 7.06. The van der Waals surface area contributed by atoms with Gasteiger partial charge >= 0.3 is 6.18 Å². The zero-order chi connectivity index (χ0) is 21.2. The summed E-state index contributed by atoms with van der Waals surface area (Å²) in [4.78, 5) is 10.5. The average Bonchev–Trinajstić information content (AvgIpc) is 3.04. The molecule has 0 aliphatic heterocycles. The maximum atomic E-state index is 12.9. The van der Waals surface area contributed by atoms with E-state index in [0.29, 0.717) is 22.5 Å². The topological polar surface area (TPSA) is 73.8 Å². The highest BCUT2D eigenvalue weighted by molar-refractivity contribution is 7.99. The van der Waals surface area contributed by atoms with Crippen LogP contribution in [0.4, 0.5) is 18.9 Å². The molecule has 1 heterocycles. The first kappa shape index (κ1) is 20.9. The second kappa shape index (κ2) is 8.26. The molecule has 2 aromatic carbocycles. The molecule has 11 heteroatoms. The van der Waals surface area contributed by atoms with Gasteiger partial charge in [-0.1, -0.05) is 29.8 Å². The molecule has 0 saturated carbocycles. The van der Waals surface area contributed by atoms with E-state index in [1.807, 2.05) is 0 Å². The zero-order valence-corrected chi connectivity index (χ0v) is 16.1. The minimum atomic E-state index is -4.69. The van der Waals surface area contributed by atoms with E-state index in [2.05, 4.69) is 16.8 Å². The molecule has 1 aromatic heterocycles. The van der Waals surface area contributed by atoms with Crippen molar-refractivity contribution in [3.63, 3.8) is 0 Å². The van der Waals surface area contributed by atoms with Crippen LogP contribution in [0.5, 0.6) is 0 Å². The van der Waals surface area contributed by atoms with Gasteiger partial charge in [-0.25, -0.2) is 0 Å². The van der Waals surface area contributed by atoms with Gasteiger partial charge in [0.15, 0.2) is 11.0 Å². The summed E-state index contributed by atoms with van der Waals surface area (Å²) in [6.07, 6.45) is -3.11. The van der Waals surface area contributed by atoms with E-state index in [9.17, 15) is 23.3 Å². The molecule has 0 saturated heterocycles. The number of aromatic nitrogens is 3. The highest BCUT2D eigenvalue weighted by Crippen LogP contribution is 2.39. The molecule has 0 fully saturated rings. The van der Waals surface area contributed by atoms with Crippen LogP contribution in [0, 0.1) is 10.1 Å². The molecule has 29 heavy (non-hydrogen) atoms. The van der Waals surface area contributed by atoms with Crippen LogP contribution in [0.15, 0.2) is 65.2 Å². The summed E-state index contributed by atoms with van der Waals surface area (Å²) < 4.78 is 40.3. The SMILES string of the molecule is C=CCn1c(Sc2ccc(C(F)(F)F)cc2[N+](=O)[O-])nnc1-c1ccccc1Cl. The Balaban J connectivity index is 2.06. The minimum Gasteiger partial charge on any atom is -0.298 e. The Hall–Kier alpha value is -2.85. The molecule has 3 rings (SSSR count). The first-order chi connectivity index (χ1) is 13.7. The third kappa shape index (κ3) is 4.43. The molecule has 150 valence electrons.